The molecule has 0 aliphatic carbocycles. The van der Waals surface area contributed by atoms with Crippen LogP contribution in [0.15, 0.2) is 41.1 Å². The molecule has 0 bridgehead atoms. The van der Waals surface area contributed by atoms with Crippen LogP contribution in [-0.4, -0.2) is 43.8 Å². The lowest BCUT2D eigenvalue weighted by atomic mass is 10.1. The molecule has 0 aliphatic rings. The Morgan fingerprint density at radius 1 is 1.29 bits per heavy atom. The standard InChI is InChI=1S/C16H14N6O6/c1-27-16(24)11-4-2-10(3-5-11)8-17-14(23)15-18-12(20-28-15)9-21-7-6-13(19-21)22(25)26/h2-7H,8-9H2,1H3,(H,17,23). The van der Waals surface area contributed by atoms with Crippen LogP contribution in [0.25, 0.3) is 0 Å². The first kappa shape index (κ1) is 18.7. The third kappa shape index (κ3) is 4.35. The predicted molar refractivity (Wildman–Crippen MR) is 91.2 cm³/mol. The van der Waals surface area contributed by atoms with Crippen molar-refractivity contribution in [1.82, 2.24) is 25.2 Å². The lowest BCUT2D eigenvalue weighted by Crippen LogP contribution is -2.23. The minimum atomic E-state index is -0.622. The Morgan fingerprint density at radius 2 is 2.04 bits per heavy atom. The van der Waals surface area contributed by atoms with Crippen molar-refractivity contribution in [3.05, 3.63) is 69.5 Å². The van der Waals surface area contributed by atoms with Crippen LogP contribution < -0.4 is 5.32 Å². The van der Waals surface area contributed by atoms with E-state index in [-0.39, 0.29) is 30.6 Å². The summed E-state index contributed by atoms with van der Waals surface area (Å²) in [6, 6.07) is 7.76. The minimum Gasteiger partial charge on any atom is -0.465 e. The van der Waals surface area contributed by atoms with Gasteiger partial charge in [0.25, 0.3) is 0 Å². The maximum absolute atomic E-state index is 12.1. The quantitative estimate of drug-likeness (QED) is 0.354. The number of rotatable bonds is 7. The van der Waals surface area contributed by atoms with Gasteiger partial charge in [-0.25, -0.2) is 4.79 Å². The SMILES string of the molecule is COC(=O)c1ccc(CNC(=O)c2nc(Cn3ccc([N+](=O)[O-])n3)no2)cc1. The molecule has 12 nitrogen and oxygen atoms in total. The Hall–Kier alpha value is -4.09. The highest BCUT2D eigenvalue weighted by Gasteiger charge is 2.17. The molecule has 0 saturated carbocycles. The fraction of sp³-hybridized carbons (Fsp3) is 0.188. The zero-order valence-electron chi connectivity index (χ0n) is 14.6. The van der Waals surface area contributed by atoms with Gasteiger partial charge >= 0.3 is 23.6 Å². The number of hydrogen-bond donors (Lipinski definition) is 1. The number of methoxy groups -OCH3 is 1. The van der Waals surface area contributed by atoms with Crippen molar-refractivity contribution in [3.63, 3.8) is 0 Å². The molecule has 0 radical (unpaired) electrons. The Balaban J connectivity index is 1.56. The molecular weight excluding hydrogens is 372 g/mol. The number of esters is 1. The van der Waals surface area contributed by atoms with Gasteiger partial charge in [0.15, 0.2) is 5.82 Å². The maximum Gasteiger partial charge on any atom is 0.389 e. The van der Waals surface area contributed by atoms with Gasteiger partial charge in [-0.3, -0.25) is 4.79 Å². The highest BCUT2D eigenvalue weighted by molar-refractivity contribution is 5.90. The molecule has 2 heterocycles. The first-order valence-electron chi connectivity index (χ1n) is 7.92. The van der Waals surface area contributed by atoms with Gasteiger partial charge in [0.1, 0.15) is 6.54 Å². The number of ether oxygens (including phenoxy) is 1. The van der Waals surface area contributed by atoms with Crippen molar-refractivity contribution in [2.24, 2.45) is 0 Å². The van der Waals surface area contributed by atoms with Crippen molar-refractivity contribution >= 4 is 17.7 Å². The lowest BCUT2D eigenvalue weighted by molar-refractivity contribution is -0.389. The first-order valence-corrected chi connectivity index (χ1v) is 7.92. The summed E-state index contributed by atoms with van der Waals surface area (Å²) < 4.78 is 10.8. The van der Waals surface area contributed by atoms with E-state index in [2.05, 4.69) is 25.3 Å². The normalized spacial score (nSPS) is 10.5. The van der Waals surface area contributed by atoms with Gasteiger partial charge in [-0.1, -0.05) is 17.3 Å². The van der Waals surface area contributed by atoms with Gasteiger partial charge in [-0.15, -0.1) is 0 Å². The van der Waals surface area contributed by atoms with E-state index >= 15 is 0 Å². The molecule has 12 heteroatoms. The fourth-order valence-electron chi connectivity index (χ4n) is 2.23. The van der Waals surface area contributed by atoms with E-state index < -0.39 is 16.8 Å². The molecule has 144 valence electrons. The molecule has 0 aliphatic heterocycles. The molecule has 1 amide bonds. The highest BCUT2D eigenvalue weighted by Crippen LogP contribution is 2.08. The molecule has 3 aromatic rings. The zero-order chi connectivity index (χ0) is 20.1. The second-order valence-corrected chi connectivity index (χ2v) is 5.52. The average molecular weight is 386 g/mol. The number of amides is 1. The number of nitrogens with zero attached hydrogens (tertiary/aromatic N) is 5. The van der Waals surface area contributed by atoms with Crippen molar-refractivity contribution in [1.29, 1.82) is 0 Å². The number of aromatic nitrogens is 4. The molecule has 0 atom stereocenters. The van der Waals surface area contributed by atoms with Gasteiger partial charge in [0, 0.05) is 6.54 Å². The third-order valence-electron chi connectivity index (χ3n) is 3.61. The van der Waals surface area contributed by atoms with E-state index in [0.29, 0.717) is 5.56 Å². The number of nitrogens with one attached hydrogen (secondary N) is 1. The van der Waals surface area contributed by atoms with Gasteiger partial charge < -0.3 is 24.7 Å². The second-order valence-electron chi connectivity index (χ2n) is 5.52. The van der Waals surface area contributed by atoms with Gasteiger partial charge in [-0.05, 0) is 22.6 Å². The van der Waals surface area contributed by atoms with E-state index in [4.69, 9.17) is 4.52 Å². The Morgan fingerprint density at radius 3 is 2.68 bits per heavy atom. The molecule has 1 aromatic carbocycles. The Labute approximate surface area is 157 Å². The molecule has 0 saturated heterocycles. The van der Waals surface area contributed by atoms with Crippen LogP contribution in [0.1, 0.15) is 32.4 Å². The number of benzene rings is 1. The van der Waals surface area contributed by atoms with Crippen molar-refractivity contribution < 1.29 is 23.8 Å². The summed E-state index contributed by atoms with van der Waals surface area (Å²) in [5.74, 6) is -1.44. The van der Waals surface area contributed by atoms with Crippen LogP contribution in [0.3, 0.4) is 0 Å². The molecule has 28 heavy (non-hydrogen) atoms. The summed E-state index contributed by atoms with van der Waals surface area (Å²) in [6.07, 6.45) is 1.40. The number of carbonyl (C=O) groups excluding carboxylic acids is 2. The fourth-order valence-corrected chi connectivity index (χ4v) is 2.23. The van der Waals surface area contributed by atoms with Gasteiger partial charge in [0.2, 0.25) is 0 Å². The van der Waals surface area contributed by atoms with Crippen LogP contribution in [0.5, 0.6) is 0 Å². The Bertz CT molecular complexity index is 1010. The minimum absolute atomic E-state index is 0.0135. The third-order valence-corrected chi connectivity index (χ3v) is 3.61. The van der Waals surface area contributed by atoms with Gasteiger partial charge in [-0.2, -0.15) is 9.67 Å². The van der Waals surface area contributed by atoms with Crippen molar-refractivity contribution in [2.45, 2.75) is 13.1 Å². The first-order chi connectivity index (χ1) is 13.5. The van der Waals surface area contributed by atoms with E-state index in [1.165, 1.54) is 24.1 Å². The topological polar surface area (TPSA) is 155 Å². The van der Waals surface area contributed by atoms with Crippen LogP contribution in [0.4, 0.5) is 5.82 Å². The zero-order valence-corrected chi connectivity index (χ0v) is 14.6. The maximum atomic E-state index is 12.1. The van der Waals surface area contributed by atoms with Crippen LogP contribution >= 0.6 is 0 Å². The summed E-state index contributed by atoms with van der Waals surface area (Å²) in [4.78, 5) is 37.4. The summed E-state index contributed by atoms with van der Waals surface area (Å²) in [6.45, 7) is 0.197. The largest absolute Gasteiger partial charge is 0.465 e. The second kappa shape index (κ2) is 8.07. The average Bonchev–Trinajstić information content (AvgIpc) is 3.36. The summed E-state index contributed by atoms with van der Waals surface area (Å²) in [5.41, 5.74) is 1.16. The van der Waals surface area contributed by atoms with Crippen LogP contribution in [0.2, 0.25) is 0 Å². The molecule has 0 fully saturated rings. The van der Waals surface area contributed by atoms with Crippen LogP contribution in [-0.2, 0) is 17.8 Å². The molecule has 1 N–H and O–H groups in total. The van der Waals surface area contributed by atoms with E-state index in [9.17, 15) is 19.7 Å². The molecule has 3 rings (SSSR count). The summed E-state index contributed by atoms with van der Waals surface area (Å²) in [7, 11) is 1.29. The predicted octanol–water partition coefficient (Wildman–Crippen LogP) is 0.939. The van der Waals surface area contributed by atoms with Crippen molar-refractivity contribution in [3.8, 4) is 0 Å². The number of nitro groups is 1. The lowest BCUT2D eigenvalue weighted by Gasteiger charge is -2.04. The molecular formula is C16H14N6O6. The van der Waals surface area contributed by atoms with Crippen LogP contribution in [0, 0.1) is 10.1 Å². The molecule has 2 aromatic heterocycles. The summed E-state index contributed by atoms with van der Waals surface area (Å²) >= 11 is 0. The number of carbonyl (C=O) groups is 2. The van der Waals surface area contributed by atoms with E-state index in [1.54, 1.807) is 24.3 Å². The highest BCUT2D eigenvalue weighted by atomic mass is 16.6. The molecule has 0 unspecified atom stereocenters. The Kier molecular flexibility index (Phi) is 5.39. The van der Waals surface area contributed by atoms with Crippen molar-refractivity contribution in [2.75, 3.05) is 7.11 Å². The number of hydrogen-bond acceptors (Lipinski definition) is 9. The summed E-state index contributed by atoms with van der Waals surface area (Å²) in [5, 5.41) is 20.6. The van der Waals surface area contributed by atoms with Gasteiger partial charge in [0.05, 0.1) is 30.0 Å². The molecule has 0 spiro atoms. The smallest absolute Gasteiger partial charge is 0.389 e. The van der Waals surface area contributed by atoms with E-state index in [0.717, 1.165) is 5.56 Å². The monoisotopic (exact) mass is 386 g/mol. The van der Waals surface area contributed by atoms with E-state index in [1.807, 2.05) is 0 Å².